The van der Waals surface area contributed by atoms with Crippen molar-refractivity contribution >= 4 is 11.7 Å². The van der Waals surface area contributed by atoms with Gasteiger partial charge in [0.25, 0.3) is 0 Å². The van der Waals surface area contributed by atoms with Gasteiger partial charge in [0.15, 0.2) is 0 Å². The maximum Gasteiger partial charge on any atom is 0.324 e. The van der Waals surface area contributed by atoms with Gasteiger partial charge in [-0.15, -0.1) is 0 Å². The summed E-state index contributed by atoms with van der Waals surface area (Å²) in [6, 6.07) is 16.0. The van der Waals surface area contributed by atoms with Crippen molar-refractivity contribution in [3.63, 3.8) is 0 Å². The van der Waals surface area contributed by atoms with Crippen LogP contribution in [0, 0.1) is 0 Å². The van der Waals surface area contributed by atoms with E-state index in [1.807, 2.05) is 52.4 Å². The number of H-pyrrole nitrogens is 1. The molecule has 0 saturated carbocycles. The molecule has 4 rings (SSSR count). The maximum absolute atomic E-state index is 13.0. The van der Waals surface area contributed by atoms with E-state index >= 15 is 0 Å². The highest BCUT2D eigenvalue weighted by Crippen LogP contribution is 2.34. The third-order valence-corrected chi connectivity index (χ3v) is 4.83. The van der Waals surface area contributed by atoms with Gasteiger partial charge in [0.2, 0.25) is 0 Å². The number of ether oxygens (including phenoxy) is 1. The summed E-state index contributed by atoms with van der Waals surface area (Å²) in [5, 5.41) is 6.81. The van der Waals surface area contributed by atoms with E-state index < -0.39 is 0 Å². The van der Waals surface area contributed by atoms with Crippen LogP contribution in [0.1, 0.15) is 12.0 Å². The van der Waals surface area contributed by atoms with Gasteiger partial charge < -0.3 is 9.64 Å². The van der Waals surface area contributed by atoms with Gasteiger partial charge in [-0.05, 0) is 24.1 Å². The third-order valence-electron chi connectivity index (χ3n) is 4.83. The quantitative estimate of drug-likeness (QED) is 0.748. The summed E-state index contributed by atoms with van der Waals surface area (Å²) in [4.78, 5) is 16.8. The van der Waals surface area contributed by atoms with Crippen molar-refractivity contribution in [3.8, 4) is 16.9 Å². The van der Waals surface area contributed by atoms with Crippen LogP contribution < -0.4 is 9.64 Å². The molecule has 1 fully saturated rings. The van der Waals surface area contributed by atoms with Crippen molar-refractivity contribution < 1.29 is 9.53 Å². The standard InChI is InChI=1S/C21H22N4O2/c1-27-20-12-18(8-9-19(20)17-13-22-23-14-17)25-11-5-10-24(21(25)26)15-16-6-3-2-4-7-16/h2-4,6-9,12-14H,5,10-11,15H2,1H3,(H,22,23). The Morgan fingerprint density at radius 1 is 1.15 bits per heavy atom. The summed E-state index contributed by atoms with van der Waals surface area (Å²) in [6.07, 6.45) is 4.51. The summed E-state index contributed by atoms with van der Waals surface area (Å²) in [5.41, 5.74) is 3.89. The average molecular weight is 362 g/mol. The first kappa shape index (κ1) is 17.1. The topological polar surface area (TPSA) is 61.5 Å². The van der Waals surface area contributed by atoms with E-state index in [0.29, 0.717) is 13.1 Å². The minimum absolute atomic E-state index is 0.0308. The number of methoxy groups -OCH3 is 1. The number of carbonyl (C=O) groups is 1. The van der Waals surface area contributed by atoms with Crippen LogP contribution in [0.5, 0.6) is 5.75 Å². The van der Waals surface area contributed by atoms with Crippen molar-refractivity contribution in [2.24, 2.45) is 0 Å². The van der Waals surface area contributed by atoms with Gasteiger partial charge in [-0.2, -0.15) is 5.10 Å². The van der Waals surface area contributed by atoms with E-state index in [0.717, 1.165) is 41.1 Å². The highest BCUT2D eigenvalue weighted by molar-refractivity contribution is 5.93. The second kappa shape index (κ2) is 7.53. The van der Waals surface area contributed by atoms with Crippen LogP contribution >= 0.6 is 0 Å². The predicted octanol–water partition coefficient (Wildman–Crippen LogP) is 3.92. The molecule has 1 N–H and O–H groups in total. The Bertz CT molecular complexity index is 909. The lowest BCUT2D eigenvalue weighted by atomic mass is 10.1. The molecule has 0 unspecified atom stereocenters. The van der Waals surface area contributed by atoms with Crippen molar-refractivity contribution in [1.29, 1.82) is 0 Å². The fourth-order valence-corrected chi connectivity index (χ4v) is 3.46. The normalized spacial score (nSPS) is 14.5. The SMILES string of the molecule is COc1cc(N2CCCN(Cc3ccccc3)C2=O)ccc1-c1cn[nH]c1. The number of urea groups is 1. The first-order chi connectivity index (χ1) is 13.3. The molecule has 2 amide bonds. The van der Waals surface area contributed by atoms with Crippen molar-refractivity contribution in [2.75, 3.05) is 25.1 Å². The molecule has 1 aliphatic rings. The second-order valence-corrected chi connectivity index (χ2v) is 6.57. The van der Waals surface area contributed by atoms with Gasteiger partial charge in [0.1, 0.15) is 5.75 Å². The predicted molar refractivity (Wildman–Crippen MR) is 105 cm³/mol. The van der Waals surface area contributed by atoms with Gasteiger partial charge in [-0.1, -0.05) is 30.3 Å². The lowest BCUT2D eigenvalue weighted by Gasteiger charge is -2.36. The number of nitrogens with zero attached hydrogens (tertiary/aromatic N) is 3. The van der Waals surface area contributed by atoms with E-state index in [-0.39, 0.29) is 6.03 Å². The zero-order valence-electron chi connectivity index (χ0n) is 15.3. The lowest BCUT2D eigenvalue weighted by Crippen LogP contribution is -2.49. The number of aromatic amines is 1. The highest BCUT2D eigenvalue weighted by Gasteiger charge is 2.27. The molecular formula is C21H22N4O2. The van der Waals surface area contributed by atoms with Crippen LogP contribution in [0.4, 0.5) is 10.5 Å². The third kappa shape index (κ3) is 3.51. The van der Waals surface area contributed by atoms with Crippen LogP contribution in [-0.2, 0) is 6.54 Å². The number of hydrogen-bond donors (Lipinski definition) is 1. The molecular weight excluding hydrogens is 340 g/mol. The van der Waals surface area contributed by atoms with E-state index in [9.17, 15) is 4.79 Å². The molecule has 6 nitrogen and oxygen atoms in total. The molecule has 0 bridgehead atoms. The van der Waals surface area contributed by atoms with Gasteiger partial charge in [-0.25, -0.2) is 4.79 Å². The van der Waals surface area contributed by atoms with Crippen LogP contribution in [0.25, 0.3) is 11.1 Å². The van der Waals surface area contributed by atoms with Gasteiger partial charge >= 0.3 is 6.03 Å². The Morgan fingerprint density at radius 3 is 2.74 bits per heavy atom. The monoisotopic (exact) mass is 362 g/mol. The molecule has 2 heterocycles. The molecule has 2 aromatic carbocycles. The van der Waals surface area contributed by atoms with E-state index in [1.54, 1.807) is 13.3 Å². The van der Waals surface area contributed by atoms with Crippen molar-refractivity contribution in [1.82, 2.24) is 15.1 Å². The molecule has 0 radical (unpaired) electrons. The summed E-state index contributed by atoms with van der Waals surface area (Å²) >= 11 is 0. The Hall–Kier alpha value is -3.28. The second-order valence-electron chi connectivity index (χ2n) is 6.57. The van der Waals surface area contributed by atoms with Crippen LogP contribution in [-0.4, -0.2) is 41.3 Å². The Balaban J connectivity index is 1.58. The average Bonchev–Trinajstić information content (AvgIpc) is 3.24. The van der Waals surface area contributed by atoms with Gasteiger partial charge in [0, 0.05) is 48.7 Å². The molecule has 138 valence electrons. The molecule has 3 aromatic rings. The molecule has 0 atom stereocenters. The minimum atomic E-state index is 0.0308. The summed E-state index contributed by atoms with van der Waals surface area (Å²) < 4.78 is 5.57. The Morgan fingerprint density at radius 2 is 2.00 bits per heavy atom. The summed E-state index contributed by atoms with van der Waals surface area (Å²) in [7, 11) is 1.64. The summed E-state index contributed by atoms with van der Waals surface area (Å²) in [6.45, 7) is 2.10. The molecule has 0 aliphatic carbocycles. The first-order valence-corrected chi connectivity index (χ1v) is 9.04. The summed E-state index contributed by atoms with van der Waals surface area (Å²) in [5.74, 6) is 0.724. The molecule has 6 heteroatoms. The molecule has 0 spiro atoms. The molecule has 1 aromatic heterocycles. The number of rotatable bonds is 5. The number of benzene rings is 2. The number of anilines is 1. The molecule has 1 aliphatic heterocycles. The number of aromatic nitrogens is 2. The maximum atomic E-state index is 13.0. The van der Waals surface area contributed by atoms with E-state index in [2.05, 4.69) is 22.3 Å². The number of amides is 2. The zero-order valence-corrected chi connectivity index (χ0v) is 15.3. The first-order valence-electron chi connectivity index (χ1n) is 9.04. The molecule has 27 heavy (non-hydrogen) atoms. The minimum Gasteiger partial charge on any atom is -0.496 e. The van der Waals surface area contributed by atoms with Crippen molar-refractivity contribution in [3.05, 3.63) is 66.5 Å². The zero-order chi connectivity index (χ0) is 18.6. The smallest absolute Gasteiger partial charge is 0.324 e. The van der Waals surface area contributed by atoms with Crippen LogP contribution in [0.2, 0.25) is 0 Å². The number of hydrogen-bond acceptors (Lipinski definition) is 3. The Labute approximate surface area is 158 Å². The lowest BCUT2D eigenvalue weighted by molar-refractivity contribution is 0.192. The fourth-order valence-electron chi connectivity index (χ4n) is 3.46. The van der Waals surface area contributed by atoms with Crippen molar-refractivity contribution in [2.45, 2.75) is 13.0 Å². The van der Waals surface area contributed by atoms with Crippen LogP contribution in [0.3, 0.4) is 0 Å². The van der Waals surface area contributed by atoms with E-state index in [4.69, 9.17) is 4.74 Å². The van der Waals surface area contributed by atoms with Gasteiger partial charge in [0.05, 0.1) is 13.3 Å². The van der Waals surface area contributed by atoms with Gasteiger partial charge in [-0.3, -0.25) is 10.00 Å². The number of carbonyl (C=O) groups excluding carboxylic acids is 1. The van der Waals surface area contributed by atoms with Crippen LogP contribution in [0.15, 0.2) is 60.9 Å². The Kier molecular flexibility index (Phi) is 4.78. The van der Waals surface area contributed by atoms with E-state index in [1.165, 1.54) is 0 Å². The number of nitrogens with one attached hydrogen (secondary N) is 1. The highest BCUT2D eigenvalue weighted by atomic mass is 16.5. The largest absolute Gasteiger partial charge is 0.496 e. The molecule has 1 saturated heterocycles. The fraction of sp³-hybridized carbons (Fsp3) is 0.238.